The molecule has 3 rings (SSSR count). The van der Waals surface area contributed by atoms with Crippen molar-refractivity contribution < 1.29 is 9.53 Å². The minimum absolute atomic E-state index is 0.106. The third-order valence-corrected chi connectivity index (χ3v) is 4.80. The van der Waals surface area contributed by atoms with Gasteiger partial charge >= 0.3 is 6.09 Å². The largest absolute Gasteiger partial charge is 0.443 e. The first-order valence-electron chi connectivity index (χ1n) is 9.39. The second kappa shape index (κ2) is 6.87. The van der Waals surface area contributed by atoms with E-state index in [0.29, 0.717) is 12.4 Å². The van der Waals surface area contributed by atoms with Crippen molar-refractivity contribution in [3.05, 3.63) is 53.2 Å². The van der Waals surface area contributed by atoms with Crippen LogP contribution in [0.25, 0.3) is 0 Å². The molecule has 0 radical (unpaired) electrons. The Hall–Kier alpha value is -2.56. The van der Waals surface area contributed by atoms with Crippen LogP contribution in [0.5, 0.6) is 0 Å². The molecular weight excluding hydrogens is 338 g/mol. The van der Waals surface area contributed by atoms with Gasteiger partial charge in [-0.05, 0) is 62.4 Å². The van der Waals surface area contributed by atoms with Crippen molar-refractivity contribution >= 4 is 17.6 Å². The van der Waals surface area contributed by atoms with Crippen LogP contribution < -0.4 is 10.6 Å². The molecule has 2 N–H and O–H groups in total. The van der Waals surface area contributed by atoms with Gasteiger partial charge in [-0.3, -0.25) is 4.90 Å². The third-order valence-electron chi connectivity index (χ3n) is 4.80. The molecule has 144 valence electrons. The molecule has 5 nitrogen and oxygen atoms in total. The predicted octanol–water partition coefficient (Wildman–Crippen LogP) is 4.48. The van der Waals surface area contributed by atoms with Gasteiger partial charge in [-0.15, -0.1) is 0 Å². The van der Waals surface area contributed by atoms with Crippen molar-refractivity contribution in [2.45, 2.75) is 58.5 Å². The van der Waals surface area contributed by atoms with E-state index in [1.807, 2.05) is 45.2 Å². The Labute approximate surface area is 161 Å². The Morgan fingerprint density at radius 1 is 1.19 bits per heavy atom. The molecule has 0 aliphatic carbocycles. The summed E-state index contributed by atoms with van der Waals surface area (Å²) in [7, 11) is 0. The number of hydrogen-bond acceptors (Lipinski definition) is 4. The van der Waals surface area contributed by atoms with E-state index in [0.717, 1.165) is 18.5 Å². The molecule has 0 atom stereocenters. The summed E-state index contributed by atoms with van der Waals surface area (Å²) in [5, 5.41) is 0. The number of rotatable bonds is 3. The third kappa shape index (κ3) is 4.41. The van der Waals surface area contributed by atoms with Gasteiger partial charge in [-0.2, -0.15) is 0 Å². The van der Waals surface area contributed by atoms with Crippen LogP contribution in [0.4, 0.5) is 16.3 Å². The van der Waals surface area contributed by atoms with E-state index < -0.39 is 5.60 Å². The number of hydrogen-bond donors (Lipinski definition) is 1. The zero-order chi connectivity index (χ0) is 19.8. The Balaban J connectivity index is 1.78. The molecule has 1 aliphatic heterocycles. The Kier molecular flexibility index (Phi) is 4.89. The van der Waals surface area contributed by atoms with Gasteiger partial charge in [-0.1, -0.05) is 32.0 Å². The monoisotopic (exact) mass is 367 g/mol. The zero-order valence-corrected chi connectivity index (χ0v) is 16.9. The zero-order valence-electron chi connectivity index (χ0n) is 16.9. The molecule has 2 aromatic rings. The average molecular weight is 367 g/mol. The van der Waals surface area contributed by atoms with Crippen molar-refractivity contribution in [3.8, 4) is 0 Å². The maximum absolute atomic E-state index is 12.6. The fourth-order valence-corrected chi connectivity index (χ4v) is 3.43. The number of benzene rings is 1. The van der Waals surface area contributed by atoms with Gasteiger partial charge in [0.05, 0.1) is 5.69 Å². The predicted molar refractivity (Wildman–Crippen MR) is 109 cm³/mol. The second-order valence-electron chi connectivity index (χ2n) is 8.89. The Morgan fingerprint density at radius 2 is 1.85 bits per heavy atom. The van der Waals surface area contributed by atoms with E-state index in [1.165, 1.54) is 16.7 Å². The standard InChI is InChI=1S/C22H29N3O2/c1-21(2,3)27-20(26)25-14-22(4,5)17-12-15(8-10-18(17)25)6-7-16-9-11-19(23)24-13-16/h8-13H,6-7,14H2,1-5H3,(H2,23,24). The first-order valence-corrected chi connectivity index (χ1v) is 9.39. The van der Waals surface area contributed by atoms with E-state index in [-0.39, 0.29) is 11.5 Å². The topological polar surface area (TPSA) is 68.5 Å². The summed E-state index contributed by atoms with van der Waals surface area (Å²) >= 11 is 0. The van der Waals surface area contributed by atoms with Gasteiger partial charge in [0, 0.05) is 18.2 Å². The van der Waals surface area contributed by atoms with Crippen LogP contribution in [0.1, 0.15) is 51.3 Å². The lowest BCUT2D eigenvalue weighted by Crippen LogP contribution is -2.38. The molecule has 1 aromatic carbocycles. The molecule has 2 heterocycles. The summed E-state index contributed by atoms with van der Waals surface area (Å²) in [6.45, 7) is 10.6. The van der Waals surface area contributed by atoms with Crippen LogP contribution in [-0.4, -0.2) is 23.2 Å². The quantitative estimate of drug-likeness (QED) is 0.868. The smallest absolute Gasteiger partial charge is 0.414 e. The fourth-order valence-electron chi connectivity index (χ4n) is 3.43. The van der Waals surface area contributed by atoms with Crippen molar-refractivity contribution in [2.24, 2.45) is 0 Å². The number of amides is 1. The number of nitrogen functional groups attached to an aromatic ring is 1. The van der Waals surface area contributed by atoms with Crippen LogP contribution in [-0.2, 0) is 23.0 Å². The number of nitrogens with zero attached hydrogens (tertiary/aromatic N) is 2. The maximum atomic E-state index is 12.6. The molecule has 1 amide bonds. The normalized spacial score (nSPS) is 15.5. The van der Waals surface area contributed by atoms with Gasteiger partial charge in [0.15, 0.2) is 0 Å². The molecule has 0 fully saturated rings. The van der Waals surface area contributed by atoms with Crippen molar-refractivity contribution in [2.75, 3.05) is 17.2 Å². The summed E-state index contributed by atoms with van der Waals surface area (Å²) in [6.07, 6.45) is 3.37. The summed E-state index contributed by atoms with van der Waals surface area (Å²) in [5.74, 6) is 0.542. The molecule has 0 unspecified atom stereocenters. The molecule has 0 spiro atoms. The van der Waals surface area contributed by atoms with Crippen molar-refractivity contribution in [1.29, 1.82) is 0 Å². The van der Waals surface area contributed by atoms with Crippen molar-refractivity contribution in [3.63, 3.8) is 0 Å². The molecular formula is C22H29N3O2. The van der Waals surface area contributed by atoms with Gasteiger partial charge in [0.2, 0.25) is 0 Å². The van der Waals surface area contributed by atoms with Crippen LogP contribution in [0.15, 0.2) is 36.5 Å². The number of fused-ring (bicyclic) bond motifs is 1. The first-order chi connectivity index (χ1) is 12.5. The number of carbonyl (C=O) groups is 1. The van der Waals surface area contributed by atoms with E-state index in [1.54, 1.807) is 4.90 Å². The number of nitrogens with two attached hydrogens (primary N) is 1. The van der Waals surface area contributed by atoms with Gasteiger partial charge in [0.1, 0.15) is 11.4 Å². The van der Waals surface area contributed by atoms with Gasteiger partial charge in [-0.25, -0.2) is 9.78 Å². The van der Waals surface area contributed by atoms with Crippen LogP contribution in [0.2, 0.25) is 0 Å². The highest BCUT2D eigenvalue weighted by Gasteiger charge is 2.39. The Bertz CT molecular complexity index is 836. The van der Waals surface area contributed by atoms with E-state index in [4.69, 9.17) is 10.5 Å². The van der Waals surface area contributed by atoms with Crippen LogP contribution in [0, 0.1) is 0 Å². The fraction of sp³-hybridized carbons (Fsp3) is 0.455. The lowest BCUT2D eigenvalue weighted by Gasteiger charge is -2.25. The second-order valence-corrected chi connectivity index (χ2v) is 8.89. The number of anilines is 2. The highest BCUT2D eigenvalue weighted by molar-refractivity contribution is 5.91. The van der Waals surface area contributed by atoms with Gasteiger partial charge < -0.3 is 10.5 Å². The van der Waals surface area contributed by atoms with E-state index in [2.05, 4.69) is 31.0 Å². The van der Waals surface area contributed by atoms with Crippen LogP contribution >= 0.6 is 0 Å². The molecule has 1 aromatic heterocycles. The summed E-state index contributed by atoms with van der Waals surface area (Å²) in [6, 6.07) is 10.2. The summed E-state index contributed by atoms with van der Waals surface area (Å²) in [5.41, 5.74) is 9.61. The number of aromatic nitrogens is 1. The first kappa shape index (κ1) is 19.2. The number of ether oxygens (including phenoxy) is 1. The molecule has 0 bridgehead atoms. The molecule has 0 saturated heterocycles. The lowest BCUT2D eigenvalue weighted by atomic mass is 9.85. The molecule has 0 saturated carbocycles. The Morgan fingerprint density at radius 3 is 2.48 bits per heavy atom. The molecule has 27 heavy (non-hydrogen) atoms. The van der Waals surface area contributed by atoms with Crippen LogP contribution in [0.3, 0.4) is 0 Å². The number of carbonyl (C=O) groups excluding carboxylic acids is 1. The van der Waals surface area contributed by atoms with E-state index >= 15 is 0 Å². The van der Waals surface area contributed by atoms with Gasteiger partial charge in [0.25, 0.3) is 0 Å². The highest BCUT2D eigenvalue weighted by Crippen LogP contribution is 2.41. The lowest BCUT2D eigenvalue weighted by molar-refractivity contribution is 0.0579. The SMILES string of the molecule is CC(C)(C)OC(=O)N1CC(C)(C)c2cc(CCc3ccc(N)nc3)ccc21. The molecule has 1 aliphatic rings. The van der Waals surface area contributed by atoms with Crippen molar-refractivity contribution in [1.82, 2.24) is 4.98 Å². The highest BCUT2D eigenvalue weighted by atomic mass is 16.6. The number of pyridine rings is 1. The van der Waals surface area contributed by atoms with E-state index in [9.17, 15) is 4.79 Å². The minimum atomic E-state index is -0.503. The number of aryl methyl sites for hydroxylation is 2. The minimum Gasteiger partial charge on any atom is -0.443 e. The maximum Gasteiger partial charge on any atom is 0.414 e. The summed E-state index contributed by atoms with van der Waals surface area (Å²) in [4.78, 5) is 18.5. The average Bonchev–Trinajstić information content (AvgIpc) is 2.84. The summed E-state index contributed by atoms with van der Waals surface area (Å²) < 4.78 is 5.59. The molecule has 5 heteroatoms.